The number of halogens is 1. The van der Waals surface area contributed by atoms with Crippen molar-refractivity contribution >= 4 is 11.6 Å². The maximum atomic E-state index is 11.4. The van der Waals surface area contributed by atoms with Gasteiger partial charge in [-0.1, -0.05) is 30.7 Å². The molecule has 3 nitrogen and oxygen atoms in total. The van der Waals surface area contributed by atoms with Crippen LogP contribution in [0.5, 0.6) is 5.75 Å². The SMILES string of the molecule is CCc1c(O)c(=O)ccn1Cc1ccc(Cl)cc1. The first kappa shape index (κ1) is 12.7. The van der Waals surface area contributed by atoms with E-state index in [1.54, 1.807) is 6.20 Å². The number of hydrogen-bond donors (Lipinski definition) is 1. The van der Waals surface area contributed by atoms with Gasteiger partial charge in [0.05, 0.1) is 5.69 Å². The highest BCUT2D eigenvalue weighted by Gasteiger charge is 2.08. The van der Waals surface area contributed by atoms with E-state index in [2.05, 4.69) is 0 Å². The maximum Gasteiger partial charge on any atom is 0.223 e. The largest absolute Gasteiger partial charge is 0.503 e. The Morgan fingerprint density at radius 3 is 2.50 bits per heavy atom. The Morgan fingerprint density at radius 2 is 1.89 bits per heavy atom. The van der Waals surface area contributed by atoms with Crippen LogP contribution in [0.15, 0.2) is 41.3 Å². The fraction of sp³-hybridized carbons (Fsp3) is 0.214. The molecule has 0 aliphatic rings. The molecule has 0 spiro atoms. The number of nitrogens with zero attached hydrogens (tertiary/aromatic N) is 1. The van der Waals surface area contributed by atoms with E-state index in [1.165, 1.54) is 6.07 Å². The van der Waals surface area contributed by atoms with Crippen molar-refractivity contribution in [2.45, 2.75) is 19.9 Å². The van der Waals surface area contributed by atoms with Gasteiger partial charge in [0.25, 0.3) is 0 Å². The van der Waals surface area contributed by atoms with Crippen LogP contribution in [0, 0.1) is 0 Å². The zero-order valence-electron chi connectivity index (χ0n) is 10.1. The average molecular weight is 264 g/mol. The lowest BCUT2D eigenvalue weighted by Crippen LogP contribution is -2.12. The Labute approximate surface area is 110 Å². The first-order chi connectivity index (χ1) is 8.61. The summed E-state index contributed by atoms with van der Waals surface area (Å²) in [5.41, 5.74) is 1.38. The van der Waals surface area contributed by atoms with E-state index in [-0.39, 0.29) is 11.2 Å². The Balaban J connectivity index is 2.37. The van der Waals surface area contributed by atoms with Crippen molar-refractivity contribution in [1.29, 1.82) is 0 Å². The molecule has 0 aliphatic heterocycles. The number of hydrogen-bond acceptors (Lipinski definition) is 2. The molecule has 0 amide bonds. The lowest BCUT2D eigenvalue weighted by atomic mass is 10.2. The van der Waals surface area contributed by atoms with Gasteiger partial charge in [-0.25, -0.2) is 0 Å². The Morgan fingerprint density at radius 1 is 1.22 bits per heavy atom. The molecule has 0 aliphatic carbocycles. The maximum absolute atomic E-state index is 11.4. The van der Waals surface area contributed by atoms with E-state index in [0.717, 1.165) is 5.56 Å². The number of rotatable bonds is 3. The molecule has 94 valence electrons. The minimum Gasteiger partial charge on any atom is -0.503 e. The van der Waals surface area contributed by atoms with Crippen molar-refractivity contribution in [3.63, 3.8) is 0 Å². The zero-order valence-corrected chi connectivity index (χ0v) is 10.8. The van der Waals surface area contributed by atoms with Gasteiger partial charge < -0.3 is 9.67 Å². The first-order valence-corrected chi connectivity index (χ1v) is 6.15. The molecule has 0 saturated carbocycles. The molecular formula is C14H14ClNO2. The molecule has 0 unspecified atom stereocenters. The van der Waals surface area contributed by atoms with Crippen molar-refractivity contribution in [2.24, 2.45) is 0 Å². The van der Waals surface area contributed by atoms with Crippen molar-refractivity contribution in [3.8, 4) is 5.75 Å². The molecular weight excluding hydrogens is 250 g/mol. The summed E-state index contributed by atoms with van der Waals surface area (Å²) in [5, 5.41) is 10.4. The third-order valence-electron chi connectivity index (χ3n) is 2.86. The zero-order chi connectivity index (χ0) is 13.1. The Kier molecular flexibility index (Phi) is 3.72. The number of aromatic hydroxyl groups is 1. The van der Waals surface area contributed by atoms with Crippen LogP contribution >= 0.6 is 11.6 Å². The van der Waals surface area contributed by atoms with Crippen molar-refractivity contribution in [2.75, 3.05) is 0 Å². The molecule has 2 aromatic rings. The van der Waals surface area contributed by atoms with E-state index < -0.39 is 0 Å². The molecule has 0 bridgehead atoms. The number of pyridine rings is 1. The molecule has 1 aromatic heterocycles. The van der Waals surface area contributed by atoms with Gasteiger partial charge in [0, 0.05) is 23.8 Å². The van der Waals surface area contributed by atoms with Crippen LogP contribution in [0.2, 0.25) is 5.02 Å². The molecule has 4 heteroatoms. The van der Waals surface area contributed by atoms with Crippen molar-refractivity contribution in [1.82, 2.24) is 4.57 Å². The second-order valence-electron chi connectivity index (χ2n) is 4.08. The van der Waals surface area contributed by atoms with Crippen LogP contribution < -0.4 is 5.43 Å². The minimum absolute atomic E-state index is 0.158. The fourth-order valence-electron chi connectivity index (χ4n) is 1.91. The highest BCUT2D eigenvalue weighted by molar-refractivity contribution is 6.30. The summed E-state index contributed by atoms with van der Waals surface area (Å²) in [7, 11) is 0. The summed E-state index contributed by atoms with van der Waals surface area (Å²) in [4.78, 5) is 11.4. The molecule has 0 fully saturated rings. The quantitative estimate of drug-likeness (QED) is 0.925. The summed E-state index contributed by atoms with van der Waals surface area (Å²) in [6, 6.07) is 8.88. The predicted molar refractivity (Wildman–Crippen MR) is 72.3 cm³/mol. The summed E-state index contributed by atoms with van der Waals surface area (Å²) in [5.74, 6) is -0.158. The molecule has 0 radical (unpaired) electrons. The second-order valence-corrected chi connectivity index (χ2v) is 4.52. The standard InChI is InChI=1S/C14H14ClNO2/c1-2-12-14(18)13(17)7-8-16(12)9-10-3-5-11(15)6-4-10/h3-8,18H,2,9H2,1H3. The molecule has 0 saturated heterocycles. The van der Waals surface area contributed by atoms with E-state index in [1.807, 2.05) is 35.8 Å². The molecule has 1 heterocycles. The van der Waals surface area contributed by atoms with Crippen molar-refractivity contribution in [3.05, 3.63) is 63.0 Å². The van der Waals surface area contributed by atoms with Crippen LogP contribution in [-0.4, -0.2) is 9.67 Å². The molecule has 1 N–H and O–H groups in total. The fourth-order valence-corrected chi connectivity index (χ4v) is 2.04. The highest BCUT2D eigenvalue weighted by atomic mass is 35.5. The third-order valence-corrected chi connectivity index (χ3v) is 3.11. The highest BCUT2D eigenvalue weighted by Crippen LogP contribution is 2.15. The number of aromatic nitrogens is 1. The summed E-state index contributed by atoms with van der Waals surface area (Å²) in [6.07, 6.45) is 2.31. The monoisotopic (exact) mass is 263 g/mol. The second kappa shape index (κ2) is 5.27. The summed E-state index contributed by atoms with van der Waals surface area (Å²) in [6.45, 7) is 2.51. The van der Waals surface area contributed by atoms with Gasteiger partial charge in [0.15, 0.2) is 5.75 Å². The van der Waals surface area contributed by atoms with Gasteiger partial charge in [0.2, 0.25) is 5.43 Å². The average Bonchev–Trinajstić information content (AvgIpc) is 2.37. The molecule has 2 rings (SSSR count). The van der Waals surface area contributed by atoms with Crippen LogP contribution in [0.1, 0.15) is 18.2 Å². The topological polar surface area (TPSA) is 42.2 Å². The smallest absolute Gasteiger partial charge is 0.223 e. The molecule has 0 atom stereocenters. The lowest BCUT2D eigenvalue weighted by molar-refractivity contribution is 0.451. The summed E-state index contributed by atoms with van der Waals surface area (Å²) < 4.78 is 1.87. The van der Waals surface area contributed by atoms with Gasteiger partial charge in [-0.05, 0) is 24.1 Å². The first-order valence-electron chi connectivity index (χ1n) is 5.77. The number of benzene rings is 1. The van der Waals surface area contributed by atoms with E-state index >= 15 is 0 Å². The molecule has 18 heavy (non-hydrogen) atoms. The normalized spacial score (nSPS) is 10.6. The van der Waals surface area contributed by atoms with Crippen LogP contribution in [-0.2, 0) is 13.0 Å². The van der Waals surface area contributed by atoms with Gasteiger partial charge in [-0.15, -0.1) is 0 Å². The summed E-state index contributed by atoms with van der Waals surface area (Å²) >= 11 is 5.83. The van der Waals surface area contributed by atoms with Crippen LogP contribution in [0.3, 0.4) is 0 Å². The van der Waals surface area contributed by atoms with Gasteiger partial charge in [0.1, 0.15) is 0 Å². The van der Waals surface area contributed by atoms with E-state index in [0.29, 0.717) is 23.7 Å². The van der Waals surface area contributed by atoms with Crippen LogP contribution in [0.25, 0.3) is 0 Å². The Hall–Kier alpha value is -1.74. The minimum atomic E-state index is -0.334. The third kappa shape index (κ3) is 2.57. The van der Waals surface area contributed by atoms with Gasteiger partial charge in [-0.2, -0.15) is 0 Å². The van der Waals surface area contributed by atoms with Crippen molar-refractivity contribution < 1.29 is 5.11 Å². The van der Waals surface area contributed by atoms with E-state index in [9.17, 15) is 9.90 Å². The van der Waals surface area contributed by atoms with Gasteiger partial charge >= 0.3 is 0 Å². The molecule has 1 aromatic carbocycles. The van der Waals surface area contributed by atoms with Crippen LogP contribution in [0.4, 0.5) is 0 Å². The Bertz CT molecular complexity index is 602. The van der Waals surface area contributed by atoms with Gasteiger partial charge in [-0.3, -0.25) is 4.79 Å². The lowest BCUT2D eigenvalue weighted by Gasteiger charge is -2.13. The van der Waals surface area contributed by atoms with E-state index in [4.69, 9.17) is 11.6 Å². The predicted octanol–water partition coefficient (Wildman–Crippen LogP) is 2.82.